The molecule has 0 aliphatic heterocycles. The zero-order chi connectivity index (χ0) is 16.1. The Kier molecular flexibility index (Phi) is 5.22. The molecule has 1 amide bonds. The van der Waals surface area contributed by atoms with Crippen LogP contribution in [0.4, 0.5) is 4.39 Å². The molecule has 0 radical (unpaired) electrons. The van der Waals surface area contributed by atoms with Gasteiger partial charge in [-0.3, -0.25) is 9.78 Å². The lowest BCUT2D eigenvalue weighted by atomic mass is 9.99. The van der Waals surface area contributed by atoms with Crippen LogP contribution in [0.5, 0.6) is 0 Å². The van der Waals surface area contributed by atoms with E-state index in [1.54, 1.807) is 24.3 Å². The van der Waals surface area contributed by atoms with E-state index in [4.69, 9.17) is 5.73 Å². The minimum atomic E-state index is -0.442. The quantitative estimate of drug-likeness (QED) is 0.862. The summed E-state index contributed by atoms with van der Waals surface area (Å²) in [6.07, 6.45) is 1.22. The van der Waals surface area contributed by atoms with Crippen LogP contribution in [0.25, 0.3) is 0 Å². The highest BCUT2D eigenvalue weighted by Gasteiger charge is 2.16. The highest BCUT2D eigenvalue weighted by molar-refractivity contribution is 5.92. The predicted molar refractivity (Wildman–Crippen MR) is 83.6 cm³/mol. The number of benzene rings is 1. The Balaban J connectivity index is 2.11. The van der Waals surface area contributed by atoms with Crippen LogP contribution < -0.4 is 11.1 Å². The van der Waals surface area contributed by atoms with Crippen molar-refractivity contribution in [1.29, 1.82) is 0 Å². The minimum absolute atomic E-state index is 0.00201. The topological polar surface area (TPSA) is 68.0 Å². The van der Waals surface area contributed by atoms with Gasteiger partial charge in [-0.25, -0.2) is 4.39 Å². The number of nitrogens with zero attached hydrogens (tertiary/aromatic N) is 1. The SMILES string of the molecule is CC(C)[C@@H](NCc1cccc(C(N)=O)c1)c1ccc(F)cn1. The Morgan fingerprint density at radius 3 is 2.68 bits per heavy atom. The number of carbonyl (C=O) groups excluding carboxylic acids is 1. The van der Waals surface area contributed by atoms with Crippen LogP contribution in [-0.2, 0) is 6.54 Å². The van der Waals surface area contributed by atoms with Crippen LogP contribution in [0.15, 0.2) is 42.6 Å². The van der Waals surface area contributed by atoms with Gasteiger partial charge < -0.3 is 11.1 Å². The molecule has 0 bridgehead atoms. The molecule has 0 aliphatic rings. The van der Waals surface area contributed by atoms with Crippen molar-refractivity contribution in [1.82, 2.24) is 10.3 Å². The van der Waals surface area contributed by atoms with Crippen LogP contribution in [0, 0.1) is 11.7 Å². The van der Waals surface area contributed by atoms with Crippen molar-refractivity contribution in [2.45, 2.75) is 26.4 Å². The van der Waals surface area contributed by atoms with Crippen LogP contribution in [-0.4, -0.2) is 10.9 Å². The molecular weight excluding hydrogens is 281 g/mol. The molecule has 116 valence electrons. The first-order valence-electron chi connectivity index (χ1n) is 7.21. The van der Waals surface area contributed by atoms with Gasteiger partial charge in [-0.05, 0) is 35.7 Å². The van der Waals surface area contributed by atoms with E-state index in [1.807, 2.05) is 6.07 Å². The summed E-state index contributed by atoms with van der Waals surface area (Å²) in [5.74, 6) is -0.500. The Morgan fingerprint density at radius 2 is 2.09 bits per heavy atom. The van der Waals surface area contributed by atoms with Crippen molar-refractivity contribution < 1.29 is 9.18 Å². The molecule has 2 rings (SSSR count). The summed E-state index contributed by atoms with van der Waals surface area (Å²) in [5.41, 5.74) is 7.53. The number of primary amides is 1. The second-order valence-electron chi connectivity index (χ2n) is 5.57. The van der Waals surface area contributed by atoms with Gasteiger partial charge in [0.1, 0.15) is 5.82 Å². The predicted octanol–water partition coefficient (Wildman–Crippen LogP) is 2.81. The van der Waals surface area contributed by atoms with Crippen molar-refractivity contribution >= 4 is 5.91 Å². The number of amides is 1. The molecule has 1 atom stereocenters. The normalized spacial score (nSPS) is 12.4. The van der Waals surface area contributed by atoms with Crippen molar-refractivity contribution in [3.63, 3.8) is 0 Å². The Hall–Kier alpha value is -2.27. The summed E-state index contributed by atoms with van der Waals surface area (Å²) in [7, 11) is 0. The van der Waals surface area contributed by atoms with Gasteiger partial charge in [-0.15, -0.1) is 0 Å². The molecule has 4 nitrogen and oxygen atoms in total. The number of halogens is 1. The van der Waals surface area contributed by atoms with E-state index in [1.165, 1.54) is 12.3 Å². The molecule has 22 heavy (non-hydrogen) atoms. The largest absolute Gasteiger partial charge is 0.366 e. The summed E-state index contributed by atoms with van der Waals surface area (Å²) in [5, 5.41) is 3.40. The van der Waals surface area contributed by atoms with Gasteiger partial charge >= 0.3 is 0 Å². The van der Waals surface area contributed by atoms with E-state index >= 15 is 0 Å². The van der Waals surface area contributed by atoms with Gasteiger partial charge in [-0.2, -0.15) is 0 Å². The highest BCUT2D eigenvalue weighted by Crippen LogP contribution is 2.20. The minimum Gasteiger partial charge on any atom is -0.366 e. The number of aromatic nitrogens is 1. The van der Waals surface area contributed by atoms with E-state index in [2.05, 4.69) is 24.1 Å². The smallest absolute Gasteiger partial charge is 0.248 e. The van der Waals surface area contributed by atoms with Crippen molar-refractivity contribution in [3.05, 3.63) is 65.2 Å². The van der Waals surface area contributed by atoms with Crippen molar-refractivity contribution in [3.8, 4) is 0 Å². The molecular formula is C17H20FN3O. The lowest BCUT2D eigenvalue weighted by Crippen LogP contribution is -2.26. The van der Waals surface area contributed by atoms with Crippen LogP contribution in [0.2, 0.25) is 0 Å². The van der Waals surface area contributed by atoms with Crippen LogP contribution in [0.3, 0.4) is 0 Å². The zero-order valence-electron chi connectivity index (χ0n) is 12.7. The Morgan fingerprint density at radius 1 is 1.32 bits per heavy atom. The molecule has 0 fully saturated rings. The second-order valence-corrected chi connectivity index (χ2v) is 5.57. The van der Waals surface area contributed by atoms with Gasteiger partial charge in [0.2, 0.25) is 5.91 Å². The number of nitrogens with one attached hydrogen (secondary N) is 1. The number of rotatable bonds is 6. The van der Waals surface area contributed by atoms with Crippen molar-refractivity contribution in [2.24, 2.45) is 11.7 Å². The number of hydrogen-bond acceptors (Lipinski definition) is 3. The maximum atomic E-state index is 13.0. The van der Waals surface area contributed by atoms with E-state index < -0.39 is 5.91 Å². The highest BCUT2D eigenvalue weighted by atomic mass is 19.1. The molecule has 0 aliphatic carbocycles. The first kappa shape index (κ1) is 16.1. The molecule has 5 heteroatoms. The molecule has 1 heterocycles. The summed E-state index contributed by atoms with van der Waals surface area (Å²) >= 11 is 0. The molecule has 0 saturated carbocycles. The van der Waals surface area contributed by atoms with Gasteiger partial charge in [0.25, 0.3) is 0 Å². The van der Waals surface area contributed by atoms with Crippen molar-refractivity contribution in [2.75, 3.05) is 0 Å². The third kappa shape index (κ3) is 4.11. The second kappa shape index (κ2) is 7.13. The summed E-state index contributed by atoms with van der Waals surface area (Å²) < 4.78 is 13.0. The fourth-order valence-corrected chi connectivity index (χ4v) is 2.32. The van der Waals surface area contributed by atoms with E-state index in [0.29, 0.717) is 12.1 Å². The van der Waals surface area contributed by atoms with Crippen LogP contribution in [0.1, 0.15) is 41.5 Å². The van der Waals surface area contributed by atoms with E-state index in [0.717, 1.165) is 11.3 Å². The Labute approximate surface area is 129 Å². The number of nitrogens with two attached hydrogens (primary N) is 1. The molecule has 1 aromatic carbocycles. The molecule has 0 saturated heterocycles. The molecule has 0 unspecified atom stereocenters. The monoisotopic (exact) mass is 301 g/mol. The third-order valence-corrected chi connectivity index (χ3v) is 3.47. The first-order valence-corrected chi connectivity index (χ1v) is 7.21. The third-order valence-electron chi connectivity index (χ3n) is 3.47. The van der Waals surface area contributed by atoms with Gasteiger partial charge in [0, 0.05) is 12.1 Å². The fourth-order valence-electron chi connectivity index (χ4n) is 2.32. The van der Waals surface area contributed by atoms with Gasteiger partial charge in [0.05, 0.1) is 17.9 Å². The number of pyridine rings is 1. The maximum Gasteiger partial charge on any atom is 0.248 e. The molecule has 2 aromatic rings. The Bertz CT molecular complexity index is 641. The first-order chi connectivity index (χ1) is 10.5. The standard InChI is InChI=1S/C17H20FN3O/c1-11(2)16(15-7-6-14(18)10-20-15)21-9-12-4-3-5-13(8-12)17(19)22/h3-8,10-11,16,21H,9H2,1-2H3,(H2,19,22)/t16-/m1/s1. The summed E-state index contributed by atoms with van der Waals surface area (Å²) in [4.78, 5) is 15.4. The van der Waals surface area contributed by atoms with Crippen LogP contribution >= 0.6 is 0 Å². The van der Waals surface area contributed by atoms with E-state index in [9.17, 15) is 9.18 Å². The number of carbonyl (C=O) groups is 1. The lowest BCUT2D eigenvalue weighted by molar-refractivity contribution is 0.1000. The average molecular weight is 301 g/mol. The van der Waals surface area contributed by atoms with Gasteiger partial charge in [-0.1, -0.05) is 26.0 Å². The summed E-state index contributed by atoms with van der Waals surface area (Å²) in [6.45, 7) is 4.72. The lowest BCUT2D eigenvalue weighted by Gasteiger charge is -2.22. The average Bonchev–Trinajstić information content (AvgIpc) is 2.49. The maximum absolute atomic E-state index is 13.0. The molecule has 0 spiro atoms. The van der Waals surface area contributed by atoms with E-state index in [-0.39, 0.29) is 17.8 Å². The van der Waals surface area contributed by atoms with Gasteiger partial charge in [0.15, 0.2) is 0 Å². The number of hydrogen-bond donors (Lipinski definition) is 2. The fraction of sp³-hybridized carbons (Fsp3) is 0.294. The summed E-state index contributed by atoms with van der Waals surface area (Å²) in [6, 6.07) is 10.3. The molecule has 1 aromatic heterocycles. The zero-order valence-corrected chi connectivity index (χ0v) is 12.7. The molecule has 3 N–H and O–H groups in total.